The summed E-state index contributed by atoms with van der Waals surface area (Å²) < 4.78 is 37.0. The van der Waals surface area contributed by atoms with Crippen molar-refractivity contribution in [3.63, 3.8) is 0 Å². The number of rotatable bonds is 2. The zero-order valence-corrected chi connectivity index (χ0v) is 10.7. The molecule has 1 atom stereocenters. The van der Waals surface area contributed by atoms with E-state index in [-0.39, 0.29) is 17.9 Å². The molecule has 0 spiro atoms. The van der Waals surface area contributed by atoms with Crippen LogP contribution in [-0.2, 0) is 14.3 Å². The van der Waals surface area contributed by atoms with E-state index < -0.39 is 12.1 Å². The summed E-state index contributed by atoms with van der Waals surface area (Å²) in [6.45, 7) is 3.20. The Balaban J connectivity index is 0.000000246. The minimum absolute atomic E-state index is 0.189. The molecule has 1 amide bonds. The van der Waals surface area contributed by atoms with Crippen molar-refractivity contribution in [2.45, 2.75) is 25.1 Å². The van der Waals surface area contributed by atoms with Crippen LogP contribution in [0.4, 0.5) is 13.2 Å². The Kier molecular flexibility index (Phi) is 6.21. The van der Waals surface area contributed by atoms with E-state index in [1.807, 2.05) is 0 Å². The normalized spacial score (nSPS) is 23.1. The van der Waals surface area contributed by atoms with Crippen LogP contribution in [0.2, 0.25) is 0 Å². The lowest BCUT2D eigenvalue weighted by Crippen LogP contribution is -2.53. The van der Waals surface area contributed by atoms with Gasteiger partial charge in [0.05, 0.1) is 18.6 Å². The van der Waals surface area contributed by atoms with Crippen LogP contribution in [0.25, 0.3) is 0 Å². The predicted molar refractivity (Wildman–Crippen MR) is 62.0 cm³/mol. The number of hydrogen-bond acceptors (Lipinski definition) is 4. The van der Waals surface area contributed by atoms with Gasteiger partial charge in [0.1, 0.15) is 0 Å². The second kappa shape index (κ2) is 7.44. The standard InChI is InChI=1S/C9H16N2O2.C2HF3O2/c12-9(7-4-10-5-7)11-8-2-1-3-13-6-8;3-2(4,5)1(6)7/h7-8,10H,1-6H2,(H,11,12);(H,6,7). The molecule has 116 valence electrons. The van der Waals surface area contributed by atoms with Gasteiger partial charge in [-0.3, -0.25) is 4.79 Å². The average Bonchev–Trinajstić information content (AvgIpc) is 2.27. The van der Waals surface area contributed by atoms with Crippen molar-refractivity contribution >= 4 is 11.9 Å². The van der Waals surface area contributed by atoms with E-state index in [2.05, 4.69) is 10.6 Å². The molecule has 2 saturated heterocycles. The molecule has 0 saturated carbocycles. The van der Waals surface area contributed by atoms with E-state index in [0.29, 0.717) is 6.61 Å². The SMILES string of the molecule is O=C(NC1CCCOC1)C1CNC1.O=C(O)C(F)(F)F. The van der Waals surface area contributed by atoms with Gasteiger partial charge in [-0.15, -0.1) is 0 Å². The van der Waals surface area contributed by atoms with Crippen molar-refractivity contribution in [3.05, 3.63) is 0 Å². The topological polar surface area (TPSA) is 87.7 Å². The zero-order valence-electron chi connectivity index (χ0n) is 10.7. The van der Waals surface area contributed by atoms with Crippen molar-refractivity contribution in [1.82, 2.24) is 10.6 Å². The molecule has 0 bridgehead atoms. The maximum atomic E-state index is 11.5. The molecular formula is C11H17F3N2O4. The molecule has 0 radical (unpaired) electrons. The summed E-state index contributed by atoms with van der Waals surface area (Å²) in [6, 6.07) is 0.252. The van der Waals surface area contributed by atoms with E-state index in [0.717, 1.165) is 32.5 Å². The molecule has 0 aromatic carbocycles. The number of carboxylic acid groups (broad SMARTS) is 1. The largest absolute Gasteiger partial charge is 0.490 e. The zero-order chi connectivity index (χ0) is 15.2. The first-order valence-electron chi connectivity index (χ1n) is 6.19. The first-order valence-corrected chi connectivity index (χ1v) is 6.19. The number of ether oxygens (including phenoxy) is 1. The van der Waals surface area contributed by atoms with Gasteiger partial charge in [0, 0.05) is 19.7 Å². The van der Waals surface area contributed by atoms with Crippen molar-refractivity contribution in [2.75, 3.05) is 26.3 Å². The van der Waals surface area contributed by atoms with Crippen molar-refractivity contribution < 1.29 is 32.6 Å². The van der Waals surface area contributed by atoms with E-state index in [1.54, 1.807) is 0 Å². The van der Waals surface area contributed by atoms with Gasteiger partial charge in [0.2, 0.25) is 5.91 Å². The molecule has 20 heavy (non-hydrogen) atoms. The third-order valence-corrected chi connectivity index (χ3v) is 2.90. The Morgan fingerprint density at radius 3 is 2.25 bits per heavy atom. The maximum absolute atomic E-state index is 11.5. The molecule has 2 fully saturated rings. The minimum Gasteiger partial charge on any atom is -0.475 e. The Bertz CT molecular complexity index is 339. The van der Waals surface area contributed by atoms with Crippen LogP contribution in [0.5, 0.6) is 0 Å². The summed E-state index contributed by atoms with van der Waals surface area (Å²) in [7, 11) is 0. The summed E-state index contributed by atoms with van der Waals surface area (Å²) in [5.74, 6) is -2.37. The molecule has 6 nitrogen and oxygen atoms in total. The predicted octanol–water partition coefficient (Wildman–Crippen LogP) is 0.134. The van der Waals surface area contributed by atoms with Crippen LogP contribution in [-0.4, -0.2) is 55.5 Å². The van der Waals surface area contributed by atoms with Gasteiger partial charge in [0.25, 0.3) is 0 Å². The Labute approximate surface area is 113 Å². The molecule has 2 heterocycles. The summed E-state index contributed by atoms with van der Waals surface area (Å²) in [4.78, 5) is 20.4. The van der Waals surface area contributed by atoms with Gasteiger partial charge in [-0.05, 0) is 12.8 Å². The van der Waals surface area contributed by atoms with Gasteiger partial charge < -0.3 is 20.5 Å². The van der Waals surface area contributed by atoms with Crippen LogP contribution in [0, 0.1) is 5.92 Å². The highest BCUT2D eigenvalue weighted by molar-refractivity contribution is 5.80. The monoisotopic (exact) mass is 298 g/mol. The van der Waals surface area contributed by atoms with Crippen LogP contribution >= 0.6 is 0 Å². The van der Waals surface area contributed by atoms with Crippen molar-refractivity contribution in [1.29, 1.82) is 0 Å². The summed E-state index contributed by atoms with van der Waals surface area (Å²) in [5, 5.41) is 13.2. The van der Waals surface area contributed by atoms with E-state index in [4.69, 9.17) is 14.6 Å². The highest BCUT2D eigenvalue weighted by atomic mass is 19.4. The summed E-state index contributed by atoms with van der Waals surface area (Å²) in [6.07, 6.45) is -2.96. The summed E-state index contributed by atoms with van der Waals surface area (Å²) in [5.41, 5.74) is 0. The van der Waals surface area contributed by atoms with Crippen LogP contribution < -0.4 is 10.6 Å². The lowest BCUT2D eigenvalue weighted by molar-refractivity contribution is -0.192. The number of carbonyl (C=O) groups excluding carboxylic acids is 1. The fourth-order valence-corrected chi connectivity index (χ4v) is 1.65. The number of halogens is 3. The number of aliphatic carboxylic acids is 1. The van der Waals surface area contributed by atoms with Gasteiger partial charge in [0.15, 0.2) is 0 Å². The van der Waals surface area contributed by atoms with E-state index in [1.165, 1.54) is 0 Å². The second-order valence-electron chi connectivity index (χ2n) is 4.58. The minimum atomic E-state index is -5.08. The Morgan fingerprint density at radius 2 is 1.90 bits per heavy atom. The average molecular weight is 298 g/mol. The molecule has 0 aliphatic carbocycles. The lowest BCUT2D eigenvalue weighted by Gasteiger charge is -2.29. The van der Waals surface area contributed by atoms with Gasteiger partial charge in [-0.1, -0.05) is 0 Å². The smallest absolute Gasteiger partial charge is 0.475 e. The fraction of sp³-hybridized carbons (Fsp3) is 0.818. The molecule has 0 aromatic rings. The first-order chi connectivity index (χ1) is 9.30. The number of hydrogen-bond donors (Lipinski definition) is 3. The highest BCUT2D eigenvalue weighted by Crippen LogP contribution is 2.13. The lowest BCUT2D eigenvalue weighted by atomic mass is 10.0. The number of alkyl halides is 3. The molecule has 2 aliphatic heterocycles. The van der Waals surface area contributed by atoms with Crippen molar-refractivity contribution in [2.24, 2.45) is 5.92 Å². The Morgan fingerprint density at radius 1 is 1.30 bits per heavy atom. The molecule has 2 rings (SSSR count). The third kappa shape index (κ3) is 5.74. The second-order valence-corrected chi connectivity index (χ2v) is 4.58. The molecule has 9 heteroatoms. The van der Waals surface area contributed by atoms with Crippen LogP contribution in [0.1, 0.15) is 12.8 Å². The quantitative estimate of drug-likeness (QED) is 0.675. The van der Waals surface area contributed by atoms with E-state index in [9.17, 15) is 18.0 Å². The molecular weight excluding hydrogens is 281 g/mol. The number of amides is 1. The Hall–Kier alpha value is -1.35. The van der Waals surface area contributed by atoms with Crippen LogP contribution in [0.3, 0.4) is 0 Å². The fourth-order valence-electron chi connectivity index (χ4n) is 1.65. The van der Waals surface area contributed by atoms with Gasteiger partial charge in [-0.2, -0.15) is 13.2 Å². The number of carboxylic acids is 1. The summed E-state index contributed by atoms with van der Waals surface area (Å²) >= 11 is 0. The molecule has 3 N–H and O–H groups in total. The molecule has 2 aliphatic rings. The number of carbonyl (C=O) groups is 2. The van der Waals surface area contributed by atoms with E-state index >= 15 is 0 Å². The van der Waals surface area contributed by atoms with Crippen LogP contribution in [0.15, 0.2) is 0 Å². The third-order valence-electron chi connectivity index (χ3n) is 2.90. The first kappa shape index (κ1) is 16.7. The van der Waals surface area contributed by atoms with Gasteiger partial charge in [-0.25, -0.2) is 4.79 Å². The molecule has 1 unspecified atom stereocenters. The van der Waals surface area contributed by atoms with Gasteiger partial charge >= 0.3 is 12.1 Å². The number of nitrogens with one attached hydrogen (secondary N) is 2. The maximum Gasteiger partial charge on any atom is 0.490 e. The molecule has 0 aromatic heterocycles. The van der Waals surface area contributed by atoms with Crippen molar-refractivity contribution in [3.8, 4) is 0 Å². The highest BCUT2D eigenvalue weighted by Gasteiger charge is 2.38.